The normalized spacial score (nSPS) is 11.9. The summed E-state index contributed by atoms with van der Waals surface area (Å²) in [4.78, 5) is 12.1. The molecule has 0 heterocycles. The van der Waals surface area contributed by atoms with Crippen molar-refractivity contribution in [1.29, 1.82) is 0 Å². The maximum atomic E-state index is 11.8. The van der Waals surface area contributed by atoms with Gasteiger partial charge in [0.1, 0.15) is 12.0 Å². The number of esters is 1. The first-order valence-corrected chi connectivity index (χ1v) is 7.07. The van der Waals surface area contributed by atoms with E-state index in [1.54, 1.807) is 30.3 Å². The number of carbonyl (C=O) groups is 1. The van der Waals surface area contributed by atoms with Crippen molar-refractivity contribution in [2.75, 3.05) is 6.26 Å². The lowest BCUT2D eigenvalue weighted by atomic mass is 10.2. The van der Waals surface area contributed by atoms with Crippen molar-refractivity contribution in [2.45, 2.75) is 4.90 Å². The summed E-state index contributed by atoms with van der Waals surface area (Å²) in [6, 6.07) is 12.8. The van der Waals surface area contributed by atoms with Gasteiger partial charge in [-0.15, -0.1) is 0 Å². The fraction of sp³-hybridized carbons (Fsp3) is 0.0714. The van der Waals surface area contributed by atoms with E-state index in [2.05, 4.69) is 0 Å². The van der Waals surface area contributed by atoms with E-state index in [4.69, 9.17) is 4.74 Å². The van der Waals surface area contributed by atoms with Gasteiger partial charge in [-0.25, -0.2) is 4.79 Å². The molecule has 0 amide bonds. The third-order valence-electron chi connectivity index (χ3n) is 2.46. The van der Waals surface area contributed by atoms with Crippen LogP contribution in [0, 0.1) is 0 Å². The van der Waals surface area contributed by atoms with Crippen molar-refractivity contribution >= 4 is 17.1 Å². The number of ether oxygens (including phenoxy) is 1. The van der Waals surface area contributed by atoms with E-state index >= 15 is 0 Å². The summed E-state index contributed by atoms with van der Waals surface area (Å²) in [6.45, 7) is 0. The molecule has 4 nitrogen and oxygen atoms in total. The molecule has 0 aliphatic heterocycles. The molecular formula is C14H12O4S. The second-order valence-corrected chi connectivity index (χ2v) is 5.19. The molecule has 1 unspecified atom stereocenters. The van der Waals surface area contributed by atoms with Gasteiger partial charge in [0.05, 0.1) is 5.56 Å². The monoisotopic (exact) mass is 276 g/mol. The molecule has 1 atom stereocenters. The Kier molecular flexibility index (Phi) is 4.09. The number of carbonyl (C=O) groups excluding carboxylic acids is 1. The van der Waals surface area contributed by atoms with Gasteiger partial charge in [0.2, 0.25) is 0 Å². The van der Waals surface area contributed by atoms with Crippen molar-refractivity contribution in [2.24, 2.45) is 0 Å². The maximum Gasteiger partial charge on any atom is 0.343 e. The zero-order valence-electron chi connectivity index (χ0n) is 10.2. The van der Waals surface area contributed by atoms with Crippen molar-refractivity contribution in [3.63, 3.8) is 0 Å². The fourth-order valence-electron chi connectivity index (χ4n) is 1.53. The van der Waals surface area contributed by atoms with Crippen molar-refractivity contribution in [1.82, 2.24) is 0 Å². The van der Waals surface area contributed by atoms with E-state index in [1.807, 2.05) is 0 Å². The molecule has 2 aromatic rings. The third-order valence-corrected chi connectivity index (χ3v) is 3.41. The van der Waals surface area contributed by atoms with Crippen LogP contribution in [0.5, 0.6) is 11.5 Å². The molecule has 0 fully saturated rings. The largest absolute Gasteiger partial charge is 0.612 e. The summed E-state index contributed by atoms with van der Waals surface area (Å²) in [7, 11) is 0. The summed E-state index contributed by atoms with van der Waals surface area (Å²) in [5.74, 6) is -0.337. The molecule has 0 radical (unpaired) electrons. The van der Waals surface area contributed by atoms with Crippen LogP contribution < -0.4 is 4.74 Å². The Morgan fingerprint density at radius 3 is 2.53 bits per heavy atom. The first-order valence-electron chi connectivity index (χ1n) is 5.51. The predicted molar refractivity (Wildman–Crippen MR) is 71.8 cm³/mol. The smallest absolute Gasteiger partial charge is 0.343 e. The Hall–Kier alpha value is -1.98. The highest BCUT2D eigenvalue weighted by molar-refractivity contribution is 7.90. The Balaban J connectivity index is 2.20. The highest BCUT2D eigenvalue weighted by atomic mass is 32.2. The SMILES string of the molecule is C[S+]([O-])c1cc(OC(=O)c2ccccc2)ccc1O. The number of hydrogen-bond acceptors (Lipinski definition) is 4. The molecule has 2 aromatic carbocycles. The molecule has 98 valence electrons. The average Bonchev–Trinajstić information content (AvgIpc) is 2.41. The van der Waals surface area contributed by atoms with Gasteiger partial charge in [-0.05, 0) is 35.4 Å². The lowest BCUT2D eigenvalue weighted by molar-refractivity contribution is 0.0734. The standard InChI is InChI=1S/C14H12O4S/c1-19(17)13-9-11(7-8-12(13)15)18-14(16)10-5-3-2-4-6-10/h2-9,15H,1H3. The Labute approximate surface area is 113 Å². The molecule has 2 rings (SSSR count). The number of aromatic hydroxyl groups is 1. The third kappa shape index (κ3) is 3.27. The van der Waals surface area contributed by atoms with E-state index in [0.717, 1.165) is 0 Å². The summed E-state index contributed by atoms with van der Waals surface area (Å²) >= 11 is -1.35. The van der Waals surface area contributed by atoms with Crippen molar-refractivity contribution in [3.05, 3.63) is 54.1 Å². The molecular weight excluding hydrogens is 264 g/mol. The van der Waals surface area contributed by atoms with Gasteiger partial charge < -0.3 is 14.4 Å². The average molecular weight is 276 g/mol. The van der Waals surface area contributed by atoms with Crippen molar-refractivity contribution < 1.29 is 19.2 Å². The zero-order valence-corrected chi connectivity index (χ0v) is 11.0. The van der Waals surface area contributed by atoms with Gasteiger partial charge in [-0.1, -0.05) is 18.2 Å². The predicted octanol–water partition coefficient (Wildman–Crippen LogP) is 2.35. The minimum Gasteiger partial charge on any atom is -0.612 e. The summed E-state index contributed by atoms with van der Waals surface area (Å²) in [5, 5.41) is 9.52. The topological polar surface area (TPSA) is 69.6 Å². The second kappa shape index (κ2) is 5.77. The molecule has 0 spiro atoms. The quantitative estimate of drug-likeness (QED) is 0.531. The Morgan fingerprint density at radius 2 is 1.89 bits per heavy atom. The van der Waals surface area contributed by atoms with Gasteiger partial charge >= 0.3 is 5.97 Å². The van der Waals surface area contributed by atoms with Gasteiger partial charge in [0.15, 0.2) is 10.6 Å². The van der Waals surface area contributed by atoms with E-state index < -0.39 is 17.1 Å². The minimum absolute atomic E-state index is 0.0830. The second-order valence-electron chi connectivity index (χ2n) is 3.84. The van der Waals surface area contributed by atoms with Gasteiger partial charge in [-0.2, -0.15) is 0 Å². The van der Waals surface area contributed by atoms with Crippen LogP contribution >= 0.6 is 0 Å². The molecule has 19 heavy (non-hydrogen) atoms. The molecule has 0 bridgehead atoms. The molecule has 1 N–H and O–H groups in total. The summed E-state index contributed by atoms with van der Waals surface area (Å²) in [5.41, 5.74) is 0.426. The fourth-order valence-corrected chi connectivity index (χ4v) is 2.17. The molecule has 0 saturated carbocycles. The Bertz CT molecular complexity index is 581. The molecule has 0 aliphatic carbocycles. The van der Waals surface area contributed by atoms with E-state index in [0.29, 0.717) is 5.56 Å². The van der Waals surface area contributed by atoms with Crippen LogP contribution in [0.2, 0.25) is 0 Å². The summed E-state index contributed by atoms with van der Waals surface area (Å²) < 4.78 is 16.5. The highest BCUT2D eigenvalue weighted by Gasteiger charge is 2.15. The first-order chi connectivity index (χ1) is 9.08. The van der Waals surface area contributed by atoms with Crippen LogP contribution in [0.25, 0.3) is 0 Å². The van der Waals surface area contributed by atoms with Crippen LogP contribution in [0.4, 0.5) is 0 Å². The van der Waals surface area contributed by atoms with Crippen molar-refractivity contribution in [3.8, 4) is 11.5 Å². The maximum absolute atomic E-state index is 11.8. The number of benzene rings is 2. The number of phenols is 1. The highest BCUT2D eigenvalue weighted by Crippen LogP contribution is 2.27. The zero-order chi connectivity index (χ0) is 13.8. The van der Waals surface area contributed by atoms with Crippen LogP contribution in [0.1, 0.15) is 10.4 Å². The summed E-state index contributed by atoms with van der Waals surface area (Å²) in [6.07, 6.45) is 1.44. The van der Waals surface area contributed by atoms with E-state index in [1.165, 1.54) is 24.5 Å². The molecule has 0 aliphatic rings. The van der Waals surface area contributed by atoms with E-state index in [-0.39, 0.29) is 16.4 Å². The van der Waals surface area contributed by atoms with Crippen LogP contribution in [-0.2, 0) is 11.2 Å². The van der Waals surface area contributed by atoms with Crippen LogP contribution in [0.15, 0.2) is 53.4 Å². The first kappa shape index (κ1) is 13.5. The number of hydrogen-bond donors (Lipinski definition) is 1. The van der Waals surface area contributed by atoms with Crippen LogP contribution in [-0.4, -0.2) is 21.9 Å². The minimum atomic E-state index is -1.35. The molecule has 0 saturated heterocycles. The van der Waals surface area contributed by atoms with Gasteiger partial charge in [-0.3, -0.25) is 0 Å². The molecule has 5 heteroatoms. The van der Waals surface area contributed by atoms with E-state index in [9.17, 15) is 14.5 Å². The molecule has 0 aromatic heterocycles. The lowest BCUT2D eigenvalue weighted by Gasteiger charge is -2.09. The number of rotatable bonds is 3. The van der Waals surface area contributed by atoms with Gasteiger partial charge in [0.25, 0.3) is 0 Å². The number of phenolic OH excluding ortho intramolecular Hbond substituents is 1. The van der Waals surface area contributed by atoms with Crippen LogP contribution in [0.3, 0.4) is 0 Å². The lowest BCUT2D eigenvalue weighted by Crippen LogP contribution is -2.08. The Morgan fingerprint density at radius 1 is 1.21 bits per heavy atom. The van der Waals surface area contributed by atoms with Gasteiger partial charge in [0, 0.05) is 6.07 Å².